The van der Waals surface area contributed by atoms with Crippen LogP contribution in [0.5, 0.6) is 11.5 Å². The molecule has 2 amide bonds. The number of quaternary nitrogens is 1. The average Bonchev–Trinajstić information content (AvgIpc) is 2.72. The van der Waals surface area contributed by atoms with Crippen molar-refractivity contribution in [1.82, 2.24) is 5.32 Å². The number of hydrogen-bond donors (Lipinski definition) is 3. The number of likely N-dealkylation sites (tertiary alicyclic amines) is 1. The minimum atomic E-state index is -0.0892. The fraction of sp³-hybridized carbons (Fsp3) is 0.364. The van der Waals surface area contributed by atoms with E-state index >= 15 is 0 Å². The van der Waals surface area contributed by atoms with E-state index in [4.69, 9.17) is 9.47 Å². The molecule has 7 heteroatoms. The SMILES string of the molecule is COCC(=O)NC1CC[NH+](CC(=O)Nc2ccccc2Oc2ccccc2)CC1. The normalized spacial score (nSPS) is 18.7. The summed E-state index contributed by atoms with van der Waals surface area (Å²) in [5.74, 6) is 1.19. The molecule has 3 rings (SSSR count). The van der Waals surface area contributed by atoms with Crippen molar-refractivity contribution < 1.29 is 24.0 Å². The van der Waals surface area contributed by atoms with Gasteiger partial charge in [-0.15, -0.1) is 0 Å². The van der Waals surface area contributed by atoms with Crippen LogP contribution in [0.1, 0.15) is 12.8 Å². The van der Waals surface area contributed by atoms with Gasteiger partial charge in [-0.2, -0.15) is 0 Å². The number of nitrogens with one attached hydrogen (secondary N) is 3. The fourth-order valence-corrected chi connectivity index (χ4v) is 3.44. The van der Waals surface area contributed by atoms with Crippen molar-refractivity contribution in [2.24, 2.45) is 0 Å². The molecule has 0 radical (unpaired) electrons. The van der Waals surface area contributed by atoms with Crippen LogP contribution in [0.15, 0.2) is 54.6 Å². The molecule has 3 N–H and O–H groups in total. The Kier molecular flexibility index (Phi) is 7.61. The molecule has 29 heavy (non-hydrogen) atoms. The molecular formula is C22H28N3O4+. The summed E-state index contributed by atoms with van der Waals surface area (Å²) in [5.41, 5.74) is 0.655. The summed E-state index contributed by atoms with van der Waals surface area (Å²) in [7, 11) is 1.51. The molecule has 0 atom stereocenters. The van der Waals surface area contributed by atoms with Crippen LogP contribution in [0.2, 0.25) is 0 Å². The number of benzene rings is 2. The lowest BCUT2D eigenvalue weighted by Gasteiger charge is -2.29. The van der Waals surface area contributed by atoms with E-state index in [1.165, 1.54) is 12.0 Å². The summed E-state index contributed by atoms with van der Waals surface area (Å²) < 4.78 is 10.7. The van der Waals surface area contributed by atoms with Crippen molar-refractivity contribution in [2.75, 3.05) is 38.7 Å². The Balaban J connectivity index is 1.49. The molecular weight excluding hydrogens is 370 g/mol. The van der Waals surface area contributed by atoms with Crippen molar-refractivity contribution in [3.63, 3.8) is 0 Å². The molecule has 1 saturated heterocycles. The topological polar surface area (TPSA) is 81.1 Å². The lowest BCUT2D eigenvalue weighted by molar-refractivity contribution is -0.897. The Labute approximate surface area is 171 Å². The first-order valence-electron chi connectivity index (χ1n) is 9.87. The van der Waals surface area contributed by atoms with Gasteiger partial charge in [0, 0.05) is 26.0 Å². The molecule has 1 aliphatic heterocycles. The van der Waals surface area contributed by atoms with Crippen LogP contribution in [0.3, 0.4) is 0 Å². The lowest BCUT2D eigenvalue weighted by Crippen LogP contribution is -3.14. The summed E-state index contributed by atoms with van der Waals surface area (Å²) in [5, 5.41) is 5.94. The van der Waals surface area contributed by atoms with Gasteiger partial charge in [0.1, 0.15) is 12.4 Å². The summed E-state index contributed by atoms with van der Waals surface area (Å²) >= 11 is 0. The number of amides is 2. The van der Waals surface area contributed by atoms with Gasteiger partial charge in [-0.3, -0.25) is 9.59 Å². The van der Waals surface area contributed by atoms with Crippen molar-refractivity contribution in [3.05, 3.63) is 54.6 Å². The van der Waals surface area contributed by atoms with Gasteiger partial charge in [0.2, 0.25) is 5.91 Å². The van der Waals surface area contributed by atoms with Gasteiger partial charge >= 0.3 is 0 Å². The van der Waals surface area contributed by atoms with E-state index in [0.29, 0.717) is 18.0 Å². The number of carbonyl (C=O) groups excluding carboxylic acids is 2. The number of methoxy groups -OCH3 is 1. The lowest BCUT2D eigenvalue weighted by atomic mass is 10.1. The molecule has 2 aromatic carbocycles. The molecule has 0 unspecified atom stereocenters. The Hall–Kier alpha value is -2.90. The molecule has 1 fully saturated rings. The van der Waals surface area contributed by atoms with Gasteiger partial charge in [0.25, 0.3) is 5.91 Å². The maximum atomic E-state index is 12.6. The molecule has 0 saturated carbocycles. The van der Waals surface area contributed by atoms with E-state index in [-0.39, 0.29) is 24.5 Å². The maximum absolute atomic E-state index is 12.6. The Bertz CT molecular complexity index is 805. The van der Waals surface area contributed by atoms with Crippen LogP contribution in [-0.4, -0.2) is 51.2 Å². The standard InChI is InChI=1S/C22H27N3O4/c1-28-16-22(27)23-17-11-13-25(14-12-17)15-21(26)24-19-9-5-6-10-20(19)29-18-7-3-2-4-8-18/h2-10,17H,11-16H2,1H3,(H,23,27)(H,24,26)/p+1. The fourth-order valence-electron chi connectivity index (χ4n) is 3.44. The van der Waals surface area contributed by atoms with Gasteiger partial charge in [0.15, 0.2) is 12.3 Å². The number of ether oxygens (including phenoxy) is 2. The van der Waals surface area contributed by atoms with E-state index in [9.17, 15) is 9.59 Å². The highest BCUT2D eigenvalue weighted by Crippen LogP contribution is 2.28. The van der Waals surface area contributed by atoms with Crippen LogP contribution >= 0.6 is 0 Å². The zero-order valence-corrected chi connectivity index (χ0v) is 16.6. The van der Waals surface area contributed by atoms with Crippen molar-refractivity contribution in [2.45, 2.75) is 18.9 Å². The zero-order chi connectivity index (χ0) is 20.5. The predicted molar refractivity (Wildman–Crippen MR) is 110 cm³/mol. The number of carbonyl (C=O) groups is 2. The van der Waals surface area contributed by atoms with Gasteiger partial charge in [0.05, 0.1) is 18.8 Å². The summed E-state index contributed by atoms with van der Waals surface area (Å²) in [6.07, 6.45) is 1.71. The van der Waals surface area contributed by atoms with E-state index in [1.54, 1.807) is 0 Å². The highest BCUT2D eigenvalue weighted by atomic mass is 16.5. The Morgan fingerprint density at radius 3 is 2.41 bits per heavy atom. The second-order valence-electron chi connectivity index (χ2n) is 7.16. The number of piperidine rings is 1. The van der Waals surface area contributed by atoms with E-state index < -0.39 is 0 Å². The zero-order valence-electron chi connectivity index (χ0n) is 16.6. The van der Waals surface area contributed by atoms with Gasteiger partial charge < -0.3 is 25.0 Å². The third-order valence-corrected chi connectivity index (χ3v) is 4.88. The highest BCUT2D eigenvalue weighted by Gasteiger charge is 2.25. The van der Waals surface area contributed by atoms with Crippen LogP contribution in [-0.2, 0) is 14.3 Å². The third kappa shape index (κ3) is 6.58. The largest absolute Gasteiger partial charge is 0.455 e. The number of rotatable bonds is 8. The van der Waals surface area contributed by atoms with Gasteiger partial charge in [-0.25, -0.2) is 0 Å². The molecule has 0 spiro atoms. The van der Waals surface area contributed by atoms with Gasteiger partial charge in [-0.1, -0.05) is 30.3 Å². The van der Waals surface area contributed by atoms with Crippen molar-refractivity contribution in [3.8, 4) is 11.5 Å². The molecule has 0 aliphatic carbocycles. The highest BCUT2D eigenvalue weighted by molar-refractivity contribution is 5.93. The average molecular weight is 398 g/mol. The number of anilines is 1. The quantitative estimate of drug-likeness (QED) is 0.625. The maximum Gasteiger partial charge on any atom is 0.279 e. The molecule has 7 nitrogen and oxygen atoms in total. The first kappa shape index (κ1) is 20.8. The smallest absolute Gasteiger partial charge is 0.279 e. The number of hydrogen-bond acceptors (Lipinski definition) is 4. The molecule has 2 aromatic rings. The third-order valence-electron chi connectivity index (χ3n) is 4.88. The number of para-hydroxylation sites is 3. The van der Waals surface area contributed by atoms with Crippen molar-refractivity contribution in [1.29, 1.82) is 0 Å². The molecule has 1 aliphatic rings. The van der Waals surface area contributed by atoms with E-state index in [1.807, 2.05) is 54.6 Å². The Morgan fingerprint density at radius 2 is 1.69 bits per heavy atom. The first-order chi connectivity index (χ1) is 14.1. The van der Waals surface area contributed by atoms with Crippen LogP contribution in [0, 0.1) is 0 Å². The second kappa shape index (κ2) is 10.6. The molecule has 154 valence electrons. The van der Waals surface area contributed by atoms with Crippen LogP contribution in [0.25, 0.3) is 0 Å². The summed E-state index contributed by atoms with van der Waals surface area (Å²) in [6.45, 7) is 2.15. The molecule has 0 aromatic heterocycles. The van der Waals surface area contributed by atoms with E-state index in [0.717, 1.165) is 31.7 Å². The minimum Gasteiger partial charge on any atom is -0.455 e. The predicted octanol–water partition coefficient (Wildman–Crippen LogP) is 1.23. The second-order valence-corrected chi connectivity index (χ2v) is 7.16. The summed E-state index contributed by atoms with van der Waals surface area (Å²) in [4.78, 5) is 25.4. The van der Waals surface area contributed by atoms with Gasteiger partial charge in [-0.05, 0) is 24.3 Å². The van der Waals surface area contributed by atoms with Crippen LogP contribution < -0.4 is 20.3 Å². The van der Waals surface area contributed by atoms with E-state index in [2.05, 4.69) is 10.6 Å². The van der Waals surface area contributed by atoms with Crippen LogP contribution in [0.4, 0.5) is 5.69 Å². The monoisotopic (exact) mass is 398 g/mol. The minimum absolute atomic E-state index is 0.0500. The summed E-state index contributed by atoms with van der Waals surface area (Å²) in [6, 6.07) is 17.1. The Morgan fingerprint density at radius 1 is 1.00 bits per heavy atom. The first-order valence-corrected chi connectivity index (χ1v) is 9.87. The molecule has 0 bridgehead atoms. The molecule has 1 heterocycles. The van der Waals surface area contributed by atoms with Crippen molar-refractivity contribution >= 4 is 17.5 Å².